The highest BCUT2D eigenvalue weighted by molar-refractivity contribution is 5.70. The third kappa shape index (κ3) is 66.6. The monoisotopic (exact) mass is 1630 g/mol. The first kappa shape index (κ1) is 110. The smallest absolute Gasteiger partial charge is 0.410 e. The van der Waals surface area contributed by atoms with Crippen molar-refractivity contribution in [1.82, 2.24) is 59.6 Å². The first-order chi connectivity index (χ1) is 54.2. The molecule has 0 saturated carbocycles. The molecule has 23 nitrogen and oxygen atoms in total. The van der Waals surface area contributed by atoms with Gasteiger partial charge in [0, 0.05) is 105 Å². The number of unbranched alkanes of at least 4 members (excludes halogenated alkanes) is 9. The quantitative estimate of drug-likeness (QED) is 0.0252. The van der Waals surface area contributed by atoms with Gasteiger partial charge in [-0.1, -0.05) is 104 Å². The summed E-state index contributed by atoms with van der Waals surface area (Å²) in [6, 6.07) is 0. The van der Waals surface area contributed by atoms with Crippen molar-refractivity contribution in [2.45, 2.75) is 354 Å². The molecule has 0 aromatic heterocycles. The maximum Gasteiger partial charge on any atom is 0.410 e. The van der Waals surface area contributed by atoms with E-state index in [4.69, 9.17) is 28.4 Å². The molecule has 2 N–H and O–H groups in total. The van der Waals surface area contributed by atoms with Crippen LogP contribution in [0.1, 0.15) is 320 Å². The Morgan fingerprint density at radius 1 is 0.226 bits per heavy atom. The minimum atomic E-state index is -0.657. The lowest BCUT2D eigenvalue weighted by Gasteiger charge is -2.30. The second-order valence-electron chi connectivity index (χ2n) is 37.5. The highest BCUT2D eigenvalue weighted by atomic mass is 16.6. The van der Waals surface area contributed by atoms with Gasteiger partial charge < -0.3 is 63.6 Å². The van der Waals surface area contributed by atoms with E-state index in [0.717, 1.165) is 233 Å². The number of amides is 5. The van der Waals surface area contributed by atoms with Gasteiger partial charge in [0.1, 0.15) is 28.0 Å². The van der Waals surface area contributed by atoms with E-state index in [9.17, 15) is 24.0 Å². The fraction of sp³-hybridized carbons (Fsp3) is 0.902. The maximum absolute atomic E-state index is 13.9. The summed E-state index contributed by atoms with van der Waals surface area (Å²) in [6.07, 6.45) is 21.4. The Kier molecular flexibility index (Phi) is 61.4. The number of nitrogens with one attached hydrogen (secondary N) is 2. The van der Waals surface area contributed by atoms with Crippen LogP contribution >= 0.6 is 0 Å². The predicted molar refractivity (Wildman–Crippen MR) is 478 cm³/mol. The van der Waals surface area contributed by atoms with Crippen LogP contribution in [0.4, 0.5) is 24.0 Å². The summed E-state index contributed by atoms with van der Waals surface area (Å²) < 4.78 is 35.9. The Hall–Kier alpha value is -4.85. The van der Waals surface area contributed by atoms with Crippen molar-refractivity contribution in [1.29, 1.82) is 0 Å². The van der Waals surface area contributed by atoms with E-state index in [2.05, 4.69) is 121 Å². The van der Waals surface area contributed by atoms with Crippen LogP contribution < -0.4 is 10.6 Å². The molecule has 0 radical (unpaired) electrons. The van der Waals surface area contributed by atoms with E-state index in [1.807, 2.05) is 128 Å². The van der Waals surface area contributed by atoms with Crippen LogP contribution in [0.5, 0.6) is 0 Å². The van der Waals surface area contributed by atoms with E-state index in [-0.39, 0.29) is 36.1 Å². The number of rotatable bonds is 63. The Balaban J connectivity index is 6.10. The van der Waals surface area contributed by atoms with Crippen molar-refractivity contribution < 1.29 is 52.4 Å². The van der Waals surface area contributed by atoms with Crippen LogP contribution in [0, 0.1) is 23.7 Å². The second-order valence-corrected chi connectivity index (χ2v) is 37.5. The average molecular weight is 1630 g/mol. The van der Waals surface area contributed by atoms with Crippen molar-refractivity contribution in [3.63, 3.8) is 0 Å². The third-order valence-electron chi connectivity index (χ3n) is 18.7. The number of carbonyl (C=O) groups excluding carboxylic acids is 5. The van der Waals surface area contributed by atoms with Gasteiger partial charge in [-0.15, -0.1) is 0 Å². The zero-order valence-electron chi connectivity index (χ0n) is 78.9. The Bertz CT molecular complexity index is 2610. The van der Waals surface area contributed by atoms with Crippen LogP contribution in [-0.2, 0) is 28.4 Å². The van der Waals surface area contributed by atoms with Gasteiger partial charge in [-0.25, -0.2) is 24.0 Å². The van der Waals surface area contributed by atoms with Crippen molar-refractivity contribution in [2.75, 3.05) is 190 Å². The van der Waals surface area contributed by atoms with Gasteiger partial charge in [-0.3, -0.25) is 24.5 Å². The fourth-order valence-corrected chi connectivity index (χ4v) is 12.4. The Morgan fingerprint density at radius 2 is 0.409 bits per heavy atom. The first-order valence-electron chi connectivity index (χ1n) is 45.6. The van der Waals surface area contributed by atoms with E-state index in [0.29, 0.717) is 111 Å². The highest BCUT2D eigenvalue weighted by Gasteiger charge is 2.29. The molecule has 0 aliphatic heterocycles. The summed E-state index contributed by atoms with van der Waals surface area (Å²) in [7, 11) is 0. The normalized spacial score (nSPS) is 12.3. The van der Waals surface area contributed by atoms with E-state index >= 15 is 0 Å². The summed E-state index contributed by atoms with van der Waals surface area (Å²) in [5.41, 5.74) is -3.33. The molecule has 23 heteroatoms. The van der Waals surface area contributed by atoms with Gasteiger partial charge in [-0.2, -0.15) is 0 Å². The molecule has 674 valence electrons. The van der Waals surface area contributed by atoms with E-state index in [1.54, 1.807) is 0 Å². The zero-order chi connectivity index (χ0) is 86.6. The number of ether oxygens (including phenoxy) is 6. The summed E-state index contributed by atoms with van der Waals surface area (Å²) in [5.74, 6) is 14.2. The Morgan fingerprint density at radius 3 is 0.635 bits per heavy atom. The topological polar surface area (TPSA) is 197 Å². The molecule has 0 aliphatic rings. The molecule has 0 fully saturated rings. The van der Waals surface area contributed by atoms with Crippen LogP contribution in [-0.4, -0.2) is 303 Å². The van der Waals surface area contributed by atoms with Gasteiger partial charge in [0.25, 0.3) is 0 Å². The van der Waals surface area contributed by atoms with E-state index < -0.39 is 28.0 Å². The molecule has 5 amide bonds. The summed E-state index contributed by atoms with van der Waals surface area (Å²) in [5, 5.41) is 7.00. The molecular weight excluding hydrogens is 1450 g/mol. The molecule has 0 unspecified atom stereocenters. The number of hydrogen-bond donors (Lipinski definition) is 2. The van der Waals surface area contributed by atoms with Crippen molar-refractivity contribution >= 4 is 30.5 Å². The molecule has 115 heavy (non-hydrogen) atoms. The lowest BCUT2D eigenvalue weighted by atomic mass is 10.2. The van der Waals surface area contributed by atoms with Crippen molar-refractivity contribution in [2.24, 2.45) is 0 Å². The van der Waals surface area contributed by atoms with Crippen LogP contribution in [0.15, 0.2) is 0 Å². The van der Waals surface area contributed by atoms with Gasteiger partial charge in [0.15, 0.2) is 0 Å². The van der Waals surface area contributed by atoms with Crippen LogP contribution in [0.2, 0.25) is 0 Å². The molecule has 0 rings (SSSR count). The van der Waals surface area contributed by atoms with E-state index in [1.165, 1.54) is 0 Å². The molecular formula is C92H180N12O11. The maximum atomic E-state index is 13.9. The second kappa shape index (κ2) is 64.1. The van der Waals surface area contributed by atoms with Crippen molar-refractivity contribution in [3.05, 3.63) is 0 Å². The molecule has 0 atom stereocenters. The number of nitrogens with zero attached hydrogens (tertiary/aromatic N) is 10. The Labute approximate surface area is 706 Å². The molecule has 0 heterocycles. The molecule has 0 spiro atoms. The van der Waals surface area contributed by atoms with Crippen LogP contribution in [0.25, 0.3) is 0 Å². The molecule has 0 bridgehead atoms. The standard InChI is InChI=1S/C92H180N12O11/c1-25-31-53-93-55-47-76-100(82(105)111-88(10,11)12)71-42-41-65-99(81-110-87(7,8)9)70-49-66-95(57-33-27-3)61-37-38-62-96(58-34-28-4)67-51-79-103(85(108)114-91(19,20)21)74-45-46-75-104(86(109)115-92(22,23)24)80-52-69-98(60-36-30-6)64-40-39-63-97(59-35-29-5)68-50-78-102(84(107)113-90(16,17)18)73-44-43-72-101(83(106)112-89(13,14)15)77-48-56-94-54-32-26-2/h93-94H,25-36,41-81H2,1-24H3. The minimum absolute atomic E-state index is 0.235. The largest absolute Gasteiger partial charge is 0.444 e. The highest BCUT2D eigenvalue weighted by Crippen LogP contribution is 2.19. The predicted octanol–water partition coefficient (Wildman–Crippen LogP) is 18.1. The average Bonchev–Trinajstić information content (AvgIpc) is 0.909. The van der Waals surface area contributed by atoms with Crippen molar-refractivity contribution in [3.8, 4) is 23.7 Å². The third-order valence-corrected chi connectivity index (χ3v) is 18.7. The van der Waals surface area contributed by atoms with Gasteiger partial charge in [0.2, 0.25) is 0 Å². The van der Waals surface area contributed by atoms with Gasteiger partial charge >= 0.3 is 30.5 Å². The minimum Gasteiger partial charge on any atom is -0.444 e. The fourth-order valence-electron chi connectivity index (χ4n) is 12.4. The lowest BCUT2D eigenvalue weighted by Crippen LogP contribution is -2.40. The molecule has 0 aromatic rings. The summed E-state index contributed by atoms with van der Waals surface area (Å²) in [4.78, 5) is 89.5. The lowest BCUT2D eigenvalue weighted by molar-refractivity contribution is -0.0644. The zero-order valence-corrected chi connectivity index (χ0v) is 78.9. The van der Waals surface area contributed by atoms with Gasteiger partial charge in [-0.05, 0) is 293 Å². The first-order valence-corrected chi connectivity index (χ1v) is 45.6. The number of hydrogen-bond acceptors (Lipinski definition) is 18. The van der Waals surface area contributed by atoms with Crippen LogP contribution in [0.3, 0.4) is 0 Å². The summed E-state index contributed by atoms with van der Waals surface area (Å²) >= 11 is 0. The number of carbonyl (C=O) groups is 5. The molecule has 0 aliphatic carbocycles. The SMILES string of the molecule is CCCCNCCCN(CCCCN(CCCN(CC#CCN(CCCC)CCCN(CCCCN(CCCN(CC#CCN(CCCC)CCCN(CCCCN(CCCNCCCC)C(=O)OC(C)(C)C)C(=O)OC(C)(C)C)CCCC)C(=O)OC(C)(C)C)C(=O)OC(C)(C)C)CCCC)COC(C)(C)C)C(=O)OC(C)(C)C. The van der Waals surface area contributed by atoms with Gasteiger partial charge in [0.05, 0.1) is 38.5 Å². The summed E-state index contributed by atoms with van der Waals surface area (Å²) in [6.45, 7) is 69.7. The molecule has 0 saturated heterocycles. The molecule has 0 aromatic carbocycles.